The second-order valence-electron chi connectivity index (χ2n) is 4.74. The number of nitrogens with zero attached hydrogens (tertiary/aromatic N) is 4. The summed E-state index contributed by atoms with van der Waals surface area (Å²) in [4.78, 5) is 26.1. The fourth-order valence-corrected chi connectivity index (χ4v) is 2.08. The Bertz CT molecular complexity index is 670. The SMILES string of the molecule is CN(CC(=O)n1nc2ccccn2c1=O)C1CNC1. The maximum atomic E-state index is 12.1. The molecule has 0 atom stereocenters. The molecule has 7 heteroatoms. The molecule has 0 amide bonds. The van der Waals surface area contributed by atoms with Gasteiger partial charge in [0, 0.05) is 25.3 Å². The Morgan fingerprint density at radius 1 is 1.53 bits per heavy atom. The molecular formula is C12H15N5O2. The molecule has 0 saturated carbocycles. The smallest absolute Gasteiger partial charge is 0.314 e. The topological polar surface area (TPSA) is 71.6 Å². The van der Waals surface area contributed by atoms with Gasteiger partial charge < -0.3 is 5.32 Å². The van der Waals surface area contributed by atoms with Crippen molar-refractivity contribution in [1.29, 1.82) is 0 Å². The monoisotopic (exact) mass is 261 g/mol. The molecule has 0 unspecified atom stereocenters. The zero-order valence-electron chi connectivity index (χ0n) is 10.6. The number of carbonyl (C=O) groups excluding carboxylic acids is 1. The molecule has 0 aliphatic carbocycles. The first-order valence-corrected chi connectivity index (χ1v) is 6.17. The zero-order valence-corrected chi connectivity index (χ0v) is 10.6. The van der Waals surface area contributed by atoms with Crippen molar-refractivity contribution in [3.05, 3.63) is 34.9 Å². The summed E-state index contributed by atoms with van der Waals surface area (Å²) in [5.41, 5.74) is 0.0644. The van der Waals surface area contributed by atoms with Gasteiger partial charge in [0.05, 0.1) is 6.54 Å². The van der Waals surface area contributed by atoms with Gasteiger partial charge in [-0.05, 0) is 19.2 Å². The van der Waals surface area contributed by atoms with E-state index >= 15 is 0 Å². The Balaban J connectivity index is 1.85. The van der Waals surface area contributed by atoms with Crippen molar-refractivity contribution in [2.45, 2.75) is 6.04 Å². The van der Waals surface area contributed by atoms with Crippen LogP contribution in [0.4, 0.5) is 0 Å². The van der Waals surface area contributed by atoms with E-state index in [1.54, 1.807) is 24.4 Å². The van der Waals surface area contributed by atoms with E-state index in [0.717, 1.165) is 17.8 Å². The number of aromatic nitrogens is 3. The van der Waals surface area contributed by atoms with E-state index in [1.165, 1.54) is 4.40 Å². The highest BCUT2D eigenvalue weighted by Gasteiger charge is 2.24. The van der Waals surface area contributed by atoms with Crippen LogP contribution in [0.1, 0.15) is 4.79 Å². The summed E-state index contributed by atoms with van der Waals surface area (Å²) in [6, 6.07) is 5.57. The molecule has 1 fully saturated rings. The highest BCUT2D eigenvalue weighted by molar-refractivity contribution is 5.80. The Morgan fingerprint density at radius 3 is 2.95 bits per heavy atom. The third kappa shape index (κ3) is 2.06. The van der Waals surface area contributed by atoms with Crippen LogP contribution in [0.2, 0.25) is 0 Å². The number of rotatable bonds is 3. The van der Waals surface area contributed by atoms with Crippen molar-refractivity contribution >= 4 is 11.6 Å². The van der Waals surface area contributed by atoms with Gasteiger partial charge in [-0.3, -0.25) is 9.69 Å². The van der Waals surface area contributed by atoms with Crippen molar-refractivity contribution in [2.75, 3.05) is 26.7 Å². The van der Waals surface area contributed by atoms with Gasteiger partial charge >= 0.3 is 5.69 Å². The van der Waals surface area contributed by atoms with E-state index in [1.807, 2.05) is 11.9 Å². The largest absolute Gasteiger partial charge is 0.357 e. The molecule has 0 bridgehead atoms. The lowest BCUT2D eigenvalue weighted by Gasteiger charge is -2.34. The standard InChI is InChI=1S/C12H15N5O2/c1-15(9-6-13-7-9)8-11(18)17-12(19)16-5-3-2-4-10(16)14-17/h2-5,9,13H,6-8H2,1H3. The highest BCUT2D eigenvalue weighted by Crippen LogP contribution is 2.02. The van der Waals surface area contributed by atoms with Crippen LogP contribution in [0.3, 0.4) is 0 Å². The van der Waals surface area contributed by atoms with Gasteiger partial charge in [0.25, 0.3) is 5.91 Å². The molecule has 19 heavy (non-hydrogen) atoms. The minimum absolute atomic E-state index is 0.191. The van der Waals surface area contributed by atoms with Crippen molar-refractivity contribution in [1.82, 2.24) is 24.4 Å². The zero-order chi connectivity index (χ0) is 13.4. The van der Waals surface area contributed by atoms with Crippen LogP contribution in [-0.2, 0) is 0 Å². The summed E-state index contributed by atoms with van der Waals surface area (Å²) in [7, 11) is 1.88. The average molecular weight is 261 g/mol. The third-order valence-corrected chi connectivity index (χ3v) is 3.43. The molecule has 2 aromatic rings. The first-order chi connectivity index (χ1) is 9.16. The quantitative estimate of drug-likeness (QED) is 0.770. The van der Waals surface area contributed by atoms with Crippen molar-refractivity contribution in [2.24, 2.45) is 0 Å². The van der Waals surface area contributed by atoms with E-state index < -0.39 is 5.69 Å². The second-order valence-corrected chi connectivity index (χ2v) is 4.74. The average Bonchev–Trinajstić information content (AvgIpc) is 2.65. The minimum Gasteiger partial charge on any atom is -0.314 e. The van der Waals surface area contributed by atoms with Gasteiger partial charge in [0.15, 0.2) is 5.65 Å². The minimum atomic E-state index is -0.416. The van der Waals surface area contributed by atoms with Crippen molar-refractivity contribution < 1.29 is 4.79 Å². The maximum Gasteiger partial charge on any atom is 0.357 e. The molecule has 1 aliphatic heterocycles. The number of nitrogens with one attached hydrogen (secondary N) is 1. The summed E-state index contributed by atoms with van der Waals surface area (Å²) in [6.07, 6.45) is 1.61. The number of carbonyl (C=O) groups is 1. The van der Waals surface area contributed by atoms with Gasteiger partial charge in [-0.2, -0.15) is 0 Å². The van der Waals surface area contributed by atoms with Crippen LogP contribution in [-0.4, -0.2) is 57.7 Å². The molecule has 0 radical (unpaired) electrons. The summed E-state index contributed by atoms with van der Waals surface area (Å²) in [5, 5.41) is 7.19. The molecular weight excluding hydrogens is 246 g/mol. The Kier molecular flexibility index (Phi) is 2.92. The van der Waals surface area contributed by atoms with E-state index in [4.69, 9.17) is 0 Å². The summed E-state index contributed by atoms with van der Waals surface area (Å²) in [6.45, 7) is 1.95. The summed E-state index contributed by atoms with van der Waals surface area (Å²) < 4.78 is 2.31. The molecule has 0 aromatic carbocycles. The van der Waals surface area contributed by atoms with Gasteiger partial charge in [-0.15, -0.1) is 9.78 Å². The van der Waals surface area contributed by atoms with E-state index in [0.29, 0.717) is 11.7 Å². The molecule has 0 spiro atoms. The molecule has 7 nitrogen and oxygen atoms in total. The van der Waals surface area contributed by atoms with Gasteiger partial charge in [0.2, 0.25) is 0 Å². The van der Waals surface area contributed by atoms with Crippen LogP contribution in [0.15, 0.2) is 29.2 Å². The van der Waals surface area contributed by atoms with Crippen molar-refractivity contribution in [3.8, 4) is 0 Å². The van der Waals surface area contributed by atoms with Crippen LogP contribution >= 0.6 is 0 Å². The molecule has 2 aromatic heterocycles. The fourth-order valence-electron chi connectivity index (χ4n) is 2.08. The maximum absolute atomic E-state index is 12.1. The number of hydrogen-bond donors (Lipinski definition) is 1. The first kappa shape index (κ1) is 12.1. The third-order valence-electron chi connectivity index (χ3n) is 3.43. The predicted molar refractivity (Wildman–Crippen MR) is 69.4 cm³/mol. The predicted octanol–water partition coefficient (Wildman–Crippen LogP) is -0.960. The van der Waals surface area contributed by atoms with Crippen molar-refractivity contribution in [3.63, 3.8) is 0 Å². The van der Waals surface area contributed by atoms with Crippen LogP contribution in [0.5, 0.6) is 0 Å². The molecule has 3 heterocycles. The first-order valence-electron chi connectivity index (χ1n) is 6.17. The van der Waals surface area contributed by atoms with Gasteiger partial charge in [0.1, 0.15) is 0 Å². The summed E-state index contributed by atoms with van der Waals surface area (Å²) in [5.74, 6) is -0.303. The van der Waals surface area contributed by atoms with E-state index in [-0.39, 0.29) is 12.5 Å². The summed E-state index contributed by atoms with van der Waals surface area (Å²) >= 11 is 0. The van der Waals surface area contributed by atoms with Crippen LogP contribution in [0, 0.1) is 0 Å². The molecule has 1 aliphatic rings. The normalized spacial score (nSPS) is 15.9. The lowest BCUT2D eigenvalue weighted by molar-refractivity contribution is 0.0788. The lowest BCUT2D eigenvalue weighted by Crippen LogP contribution is -2.57. The molecule has 100 valence electrons. The molecule has 3 rings (SSSR count). The second kappa shape index (κ2) is 4.60. The van der Waals surface area contributed by atoms with Crippen LogP contribution in [0.25, 0.3) is 5.65 Å². The van der Waals surface area contributed by atoms with Crippen LogP contribution < -0.4 is 11.0 Å². The Hall–Kier alpha value is -1.99. The number of hydrogen-bond acceptors (Lipinski definition) is 5. The van der Waals surface area contributed by atoms with Gasteiger partial charge in [-0.25, -0.2) is 9.20 Å². The van der Waals surface area contributed by atoms with E-state index in [9.17, 15) is 9.59 Å². The Labute approximate surface area is 109 Å². The molecule has 1 N–H and O–H groups in total. The number of fused-ring (bicyclic) bond motifs is 1. The fraction of sp³-hybridized carbons (Fsp3) is 0.417. The Morgan fingerprint density at radius 2 is 2.32 bits per heavy atom. The lowest BCUT2D eigenvalue weighted by atomic mass is 10.1. The number of pyridine rings is 1. The highest BCUT2D eigenvalue weighted by atomic mass is 16.2. The van der Waals surface area contributed by atoms with Gasteiger partial charge in [-0.1, -0.05) is 6.07 Å². The van der Waals surface area contributed by atoms with E-state index in [2.05, 4.69) is 10.4 Å². The number of likely N-dealkylation sites (N-methyl/N-ethyl adjacent to an activating group) is 1. The molecule has 1 saturated heterocycles.